The molecule has 5 heteroatoms. The normalized spacial score (nSPS) is 20.5. The summed E-state index contributed by atoms with van der Waals surface area (Å²) in [5.41, 5.74) is 0. The third-order valence-corrected chi connectivity index (χ3v) is 3.08. The van der Waals surface area contributed by atoms with Crippen LogP contribution in [-0.2, 0) is 9.84 Å². The predicted molar refractivity (Wildman–Crippen MR) is 42.1 cm³/mol. The van der Waals surface area contributed by atoms with Gasteiger partial charge in [-0.05, 0) is 12.8 Å². The summed E-state index contributed by atoms with van der Waals surface area (Å²) in [5, 5.41) is 15.2. The fourth-order valence-corrected chi connectivity index (χ4v) is 2.24. The Labute approximate surface area is 66.8 Å². The number of aliphatic hydroxyl groups is 2. The molecule has 0 bridgehead atoms. The third-order valence-electron chi connectivity index (χ3n) is 1.26. The molecule has 0 atom stereocenters. The lowest BCUT2D eigenvalue weighted by atomic mass is 10.4. The Balaban J connectivity index is 0.000000218. The molecule has 68 valence electrons. The average molecular weight is 182 g/mol. The van der Waals surface area contributed by atoms with Crippen molar-refractivity contribution in [1.82, 2.24) is 0 Å². The molecule has 1 aliphatic heterocycles. The second kappa shape index (κ2) is 5.51. The van der Waals surface area contributed by atoms with Crippen molar-refractivity contribution in [3.63, 3.8) is 0 Å². The van der Waals surface area contributed by atoms with E-state index in [9.17, 15) is 8.42 Å². The second-order valence-electron chi connectivity index (χ2n) is 2.31. The SMILES string of the molecule is O=S1(=O)CCCC1.OCCO. The third kappa shape index (κ3) is 6.28. The van der Waals surface area contributed by atoms with Crippen molar-refractivity contribution in [1.29, 1.82) is 0 Å². The number of sulfone groups is 1. The quantitative estimate of drug-likeness (QED) is 0.555. The molecule has 0 spiro atoms. The minimum Gasteiger partial charge on any atom is -0.394 e. The van der Waals surface area contributed by atoms with Crippen molar-refractivity contribution in [2.75, 3.05) is 24.7 Å². The molecule has 0 aliphatic carbocycles. The van der Waals surface area contributed by atoms with Gasteiger partial charge in [0, 0.05) is 0 Å². The van der Waals surface area contributed by atoms with Crippen molar-refractivity contribution in [2.24, 2.45) is 0 Å². The van der Waals surface area contributed by atoms with Gasteiger partial charge in [0.25, 0.3) is 0 Å². The number of rotatable bonds is 1. The fourth-order valence-electron chi connectivity index (χ4n) is 0.746. The van der Waals surface area contributed by atoms with E-state index in [4.69, 9.17) is 10.2 Å². The summed E-state index contributed by atoms with van der Waals surface area (Å²) in [4.78, 5) is 0. The van der Waals surface area contributed by atoms with Crippen LogP contribution in [0.3, 0.4) is 0 Å². The van der Waals surface area contributed by atoms with Crippen LogP contribution in [0.5, 0.6) is 0 Å². The van der Waals surface area contributed by atoms with Crippen LogP contribution < -0.4 is 0 Å². The lowest BCUT2D eigenvalue weighted by Crippen LogP contribution is -1.98. The zero-order valence-corrected chi connectivity index (χ0v) is 7.18. The van der Waals surface area contributed by atoms with Gasteiger partial charge in [0.05, 0.1) is 24.7 Å². The topological polar surface area (TPSA) is 74.6 Å². The van der Waals surface area contributed by atoms with Gasteiger partial charge in [-0.25, -0.2) is 8.42 Å². The minimum atomic E-state index is -2.55. The van der Waals surface area contributed by atoms with Gasteiger partial charge in [0.2, 0.25) is 0 Å². The lowest BCUT2D eigenvalue weighted by molar-refractivity contribution is 0.186. The smallest absolute Gasteiger partial charge is 0.150 e. The molecule has 0 saturated carbocycles. The van der Waals surface area contributed by atoms with Crippen LogP contribution in [0.4, 0.5) is 0 Å². The molecule has 1 fully saturated rings. The molecule has 0 aromatic carbocycles. The van der Waals surface area contributed by atoms with Crippen molar-refractivity contribution < 1.29 is 18.6 Å². The van der Waals surface area contributed by atoms with Crippen LogP contribution >= 0.6 is 0 Å². The van der Waals surface area contributed by atoms with E-state index in [-0.39, 0.29) is 13.2 Å². The first-order chi connectivity index (χ1) is 5.12. The van der Waals surface area contributed by atoms with Crippen molar-refractivity contribution in [2.45, 2.75) is 12.8 Å². The van der Waals surface area contributed by atoms with Crippen LogP contribution in [0.2, 0.25) is 0 Å². The molecule has 1 rings (SSSR count). The fraction of sp³-hybridized carbons (Fsp3) is 1.00. The molecule has 0 amide bonds. The zero-order valence-electron chi connectivity index (χ0n) is 6.36. The van der Waals surface area contributed by atoms with E-state index < -0.39 is 9.84 Å². The second-order valence-corrected chi connectivity index (χ2v) is 4.61. The molecular formula is C6H14O4S. The number of hydrogen-bond acceptors (Lipinski definition) is 4. The summed E-state index contributed by atoms with van der Waals surface area (Å²) in [5.74, 6) is 0.847. The standard InChI is InChI=1S/C4H8O2S.C2H6O2/c5-7(6)3-1-2-4-7;3-1-2-4/h1-4H2;3-4H,1-2H2. The van der Waals surface area contributed by atoms with Crippen molar-refractivity contribution >= 4 is 9.84 Å². The van der Waals surface area contributed by atoms with E-state index in [1.54, 1.807) is 0 Å². The highest BCUT2D eigenvalue weighted by Gasteiger charge is 2.16. The molecule has 0 aromatic heterocycles. The van der Waals surface area contributed by atoms with Gasteiger partial charge in [-0.1, -0.05) is 0 Å². The van der Waals surface area contributed by atoms with Gasteiger partial charge in [-0.3, -0.25) is 0 Å². The number of aliphatic hydroxyl groups excluding tert-OH is 2. The van der Waals surface area contributed by atoms with E-state index in [2.05, 4.69) is 0 Å². The average Bonchev–Trinajstić information content (AvgIpc) is 2.35. The van der Waals surface area contributed by atoms with Gasteiger partial charge in [0.15, 0.2) is 0 Å². The van der Waals surface area contributed by atoms with Crippen LogP contribution in [0, 0.1) is 0 Å². The van der Waals surface area contributed by atoms with Crippen molar-refractivity contribution in [3.05, 3.63) is 0 Å². The number of hydrogen-bond donors (Lipinski definition) is 2. The molecule has 11 heavy (non-hydrogen) atoms. The van der Waals surface area contributed by atoms with Gasteiger partial charge in [0.1, 0.15) is 9.84 Å². The maximum Gasteiger partial charge on any atom is 0.150 e. The molecule has 0 unspecified atom stereocenters. The molecular weight excluding hydrogens is 168 g/mol. The summed E-state index contributed by atoms with van der Waals surface area (Å²) in [7, 11) is -2.55. The Hall–Kier alpha value is -0.130. The van der Waals surface area contributed by atoms with E-state index in [0.29, 0.717) is 11.5 Å². The Kier molecular flexibility index (Phi) is 5.45. The summed E-state index contributed by atoms with van der Waals surface area (Å²) >= 11 is 0. The van der Waals surface area contributed by atoms with Crippen LogP contribution in [-0.4, -0.2) is 43.4 Å². The van der Waals surface area contributed by atoms with Gasteiger partial charge >= 0.3 is 0 Å². The maximum atomic E-state index is 10.4. The first kappa shape index (κ1) is 10.9. The molecule has 1 aliphatic rings. The van der Waals surface area contributed by atoms with Gasteiger partial charge in [-0.15, -0.1) is 0 Å². The summed E-state index contributed by atoms with van der Waals surface area (Å²) in [6, 6.07) is 0. The molecule has 4 nitrogen and oxygen atoms in total. The predicted octanol–water partition coefficient (Wildman–Crippen LogP) is -0.834. The summed E-state index contributed by atoms with van der Waals surface area (Å²) in [6.45, 7) is -0.250. The summed E-state index contributed by atoms with van der Waals surface area (Å²) in [6.07, 6.45) is 1.75. The summed E-state index contributed by atoms with van der Waals surface area (Å²) < 4.78 is 20.9. The van der Waals surface area contributed by atoms with Gasteiger partial charge < -0.3 is 10.2 Å². The minimum absolute atomic E-state index is 0.125. The monoisotopic (exact) mass is 182 g/mol. The van der Waals surface area contributed by atoms with Crippen LogP contribution in [0.1, 0.15) is 12.8 Å². The highest BCUT2D eigenvalue weighted by Crippen LogP contribution is 2.08. The Morgan fingerprint density at radius 3 is 1.45 bits per heavy atom. The first-order valence-electron chi connectivity index (χ1n) is 3.54. The Bertz CT molecular complexity index is 159. The van der Waals surface area contributed by atoms with Crippen molar-refractivity contribution in [3.8, 4) is 0 Å². The van der Waals surface area contributed by atoms with Crippen LogP contribution in [0.25, 0.3) is 0 Å². The largest absolute Gasteiger partial charge is 0.394 e. The van der Waals surface area contributed by atoms with E-state index in [0.717, 1.165) is 12.8 Å². The Morgan fingerprint density at radius 1 is 1.00 bits per heavy atom. The molecule has 2 N–H and O–H groups in total. The molecule has 0 radical (unpaired) electrons. The lowest BCUT2D eigenvalue weighted by Gasteiger charge is -1.81. The molecule has 0 aromatic rings. The van der Waals surface area contributed by atoms with Crippen LogP contribution in [0.15, 0.2) is 0 Å². The molecule has 1 heterocycles. The van der Waals surface area contributed by atoms with E-state index in [1.165, 1.54) is 0 Å². The first-order valence-corrected chi connectivity index (χ1v) is 5.36. The highest BCUT2D eigenvalue weighted by atomic mass is 32.2. The zero-order chi connectivity index (χ0) is 8.74. The highest BCUT2D eigenvalue weighted by molar-refractivity contribution is 7.91. The molecule has 1 saturated heterocycles. The Morgan fingerprint density at radius 2 is 1.36 bits per heavy atom. The van der Waals surface area contributed by atoms with E-state index >= 15 is 0 Å². The van der Waals surface area contributed by atoms with E-state index in [1.807, 2.05) is 0 Å². The maximum absolute atomic E-state index is 10.4. The van der Waals surface area contributed by atoms with Gasteiger partial charge in [-0.2, -0.15) is 0 Å².